The zero-order chi connectivity index (χ0) is 14.7. The Labute approximate surface area is 126 Å². The molecule has 2 aliphatic carbocycles. The summed E-state index contributed by atoms with van der Waals surface area (Å²) in [5.41, 5.74) is 0. The number of carbonyl (C=O) groups excluding carboxylic acids is 1. The molecule has 1 heterocycles. The van der Waals surface area contributed by atoms with Crippen molar-refractivity contribution in [2.45, 2.75) is 57.2 Å². The third kappa shape index (κ3) is 4.00. The number of fused-ring (bicyclic) bond motifs is 1. The minimum absolute atomic E-state index is 0.000985. The summed E-state index contributed by atoms with van der Waals surface area (Å²) in [5, 5.41) is 0. The molecule has 0 amide bonds. The van der Waals surface area contributed by atoms with Crippen molar-refractivity contribution in [3.63, 3.8) is 0 Å². The first-order valence-corrected chi connectivity index (χ1v) is 8.31. The highest BCUT2D eigenvalue weighted by molar-refractivity contribution is 5.72. The first-order chi connectivity index (χ1) is 10.3. The molecule has 0 radical (unpaired) electrons. The molecule has 0 spiro atoms. The summed E-state index contributed by atoms with van der Waals surface area (Å²) in [5.74, 6) is 1.24. The Morgan fingerprint density at radius 1 is 1.05 bits per heavy atom. The highest BCUT2D eigenvalue weighted by Crippen LogP contribution is 2.40. The zero-order valence-corrected chi connectivity index (χ0v) is 12.7. The van der Waals surface area contributed by atoms with Gasteiger partial charge in [-0.25, -0.2) is 0 Å². The Balaban J connectivity index is 1.32. The summed E-state index contributed by atoms with van der Waals surface area (Å²) >= 11 is 0. The maximum atomic E-state index is 12.1. The van der Waals surface area contributed by atoms with Crippen LogP contribution in [0.1, 0.15) is 44.9 Å². The largest absolute Gasteiger partial charge is 0.502 e. The van der Waals surface area contributed by atoms with E-state index < -0.39 is 0 Å². The van der Waals surface area contributed by atoms with Gasteiger partial charge in [0.2, 0.25) is 0 Å². The average Bonchev–Trinajstić information content (AvgIpc) is 3.30. The summed E-state index contributed by atoms with van der Waals surface area (Å²) in [6.45, 7) is 4.95. The van der Waals surface area contributed by atoms with Crippen molar-refractivity contribution in [3.8, 4) is 0 Å². The number of epoxide rings is 1. The van der Waals surface area contributed by atoms with Crippen LogP contribution in [0.2, 0.25) is 0 Å². The van der Waals surface area contributed by atoms with Gasteiger partial charge in [-0.15, -0.1) is 0 Å². The zero-order valence-electron chi connectivity index (χ0n) is 12.7. The fraction of sp³-hybridized carbons (Fsp3) is 0.824. The summed E-state index contributed by atoms with van der Waals surface area (Å²) in [6.07, 6.45) is 9.74. The molecule has 4 nitrogen and oxygen atoms in total. The number of carbonyl (C=O) groups is 1. The minimum Gasteiger partial charge on any atom is -0.502 e. The third-order valence-corrected chi connectivity index (χ3v) is 5.21. The van der Waals surface area contributed by atoms with Gasteiger partial charge in [0, 0.05) is 0 Å². The van der Waals surface area contributed by atoms with Gasteiger partial charge in [-0.3, -0.25) is 4.79 Å². The molecule has 0 aromatic heterocycles. The maximum Gasteiger partial charge on any atom is 0.309 e. The summed E-state index contributed by atoms with van der Waals surface area (Å²) in [7, 11) is 0. The molecule has 3 rings (SSSR count). The van der Waals surface area contributed by atoms with E-state index in [1.54, 1.807) is 0 Å². The second kappa shape index (κ2) is 6.82. The van der Waals surface area contributed by atoms with Crippen molar-refractivity contribution in [1.82, 2.24) is 0 Å². The van der Waals surface area contributed by atoms with E-state index in [2.05, 4.69) is 6.58 Å². The van der Waals surface area contributed by atoms with E-state index in [4.69, 9.17) is 14.2 Å². The molecule has 0 N–H and O–H groups in total. The molecule has 3 atom stereocenters. The second-order valence-electron chi connectivity index (χ2n) is 6.74. The van der Waals surface area contributed by atoms with Gasteiger partial charge in [-0.1, -0.05) is 6.58 Å². The van der Waals surface area contributed by atoms with E-state index in [0.717, 1.165) is 51.6 Å². The third-order valence-electron chi connectivity index (χ3n) is 5.21. The molecule has 1 aliphatic heterocycles. The van der Waals surface area contributed by atoms with E-state index in [0.29, 0.717) is 30.7 Å². The summed E-state index contributed by atoms with van der Waals surface area (Å²) in [6, 6.07) is 0. The molecular weight excluding hydrogens is 268 g/mol. The number of hydrogen-bond acceptors (Lipinski definition) is 4. The van der Waals surface area contributed by atoms with Crippen LogP contribution < -0.4 is 0 Å². The highest BCUT2D eigenvalue weighted by atomic mass is 16.6. The molecule has 4 heteroatoms. The van der Waals surface area contributed by atoms with E-state index in [1.807, 2.05) is 0 Å². The number of esters is 1. The van der Waals surface area contributed by atoms with Crippen LogP contribution >= 0.6 is 0 Å². The first kappa shape index (κ1) is 14.9. The molecule has 2 saturated carbocycles. The summed E-state index contributed by atoms with van der Waals surface area (Å²) < 4.78 is 16.3. The summed E-state index contributed by atoms with van der Waals surface area (Å²) in [4.78, 5) is 12.1. The topological polar surface area (TPSA) is 48.1 Å². The van der Waals surface area contributed by atoms with Crippen LogP contribution in [0.25, 0.3) is 0 Å². The molecule has 0 bridgehead atoms. The molecule has 118 valence electrons. The quantitative estimate of drug-likeness (QED) is 0.429. The van der Waals surface area contributed by atoms with Crippen LogP contribution in [-0.4, -0.2) is 31.4 Å². The predicted octanol–water partition coefficient (Wildman–Crippen LogP) is 3.06. The van der Waals surface area contributed by atoms with Gasteiger partial charge in [0.15, 0.2) is 0 Å². The molecule has 3 unspecified atom stereocenters. The molecule has 0 aromatic rings. The average molecular weight is 294 g/mol. The molecule has 1 saturated heterocycles. The van der Waals surface area contributed by atoms with Gasteiger partial charge in [-0.05, 0) is 56.8 Å². The normalized spacial score (nSPS) is 38.2. The smallest absolute Gasteiger partial charge is 0.309 e. The second-order valence-corrected chi connectivity index (χ2v) is 6.74. The molecule has 21 heavy (non-hydrogen) atoms. The fourth-order valence-electron chi connectivity index (χ4n) is 3.70. The van der Waals surface area contributed by atoms with Gasteiger partial charge < -0.3 is 14.2 Å². The lowest BCUT2D eigenvalue weighted by Crippen LogP contribution is -2.27. The van der Waals surface area contributed by atoms with Gasteiger partial charge in [0.25, 0.3) is 0 Å². The SMILES string of the molecule is C=COCC1CCC(COC(=O)C2CCC3OC3C2)CC1. The van der Waals surface area contributed by atoms with E-state index in [1.165, 1.54) is 6.26 Å². The lowest BCUT2D eigenvalue weighted by Gasteiger charge is -2.28. The van der Waals surface area contributed by atoms with Crippen LogP contribution in [0, 0.1) is 17.8 Å². The van der Waals surface area contributed by atoms with Gasteiger partial charge in [0.1, 0.15) is 0 Å². The predicted molar refractivity (Wildman–Crippen MR) is 78.6 cm³/mol. The monoisotopic (exact) mass is 294 g/mol. The van der Waals surface area contributed by atoms with Crippen LogP contribution in [0.4, 0.5) is 0 Å². The fourth-order valence-corrected chi connectivity index (χ4v) is 3.70. The van der Waals surface area contributed by atoms with Crippen LogP contribution in [0.5, 0.6) is 0 Å². The minimum atomic E-state index is 0.000985. The Bertz CT molecular complexity index is 373. The molecule has 0 aromatic carbocycles. The van der Waals surface area contributed by atoms with Gasteiger partial charge in [-0.2, -0.15) is 0 Å². The van der Waals surface area contributed by atoms with Crippen molar-refractivity contribution in [3.05, 3.63) is 12.8 Å². The lowest BCUT2D eigenvalue weighted by molar-refractivity contribution is -0.151. The van der Waals surface area contributed by atoms with Crippen molar-refractivity contribution in [1.29, 1.82) is 0 Å². The molecular formula is C17H26O4. The van der Waals surface area contributed by atoms with Crippen molar-refractivity contribution >= 4 is 5.97 Å². The Hall–Kier alpha value is -1.03. The van der Waals surface area contributed by atoms with Gasteiger partial charge >= 0.3 is 5.97 Å². The van der Waals surface area contributed by atoms with Crippen molar-refractivity contribution in [2.75, 3.05) is 13.2 Å². The Morgan fingerprint density at radius 3 is 2.43 bits per heavy atom. The van der Waals surface area contributed by atoms with Crippen LogP contribution in [-0.2, 0) is 19.0 Å². The molecule has 3 aliphatic rings. The maximum absolute atomic E-state index is 12.1. The van der Waals surface area contributed by atoms with Crippen LogP contribution in [0.15, 0.2) is 12.8 Å². The Morgan fingerprint density at radius 2 is 1.76 bits per heavy atom. The Kier molecular flexibility index (Phi) is 4.84. The van der Waals surface area contributed by atoms with Crippen LogP contribution in [0.3, 0.4) is 0 Å². The lowest BCUT2D eigenvalue weighted by atomic mass is 9.83. The van der Waals surface area contributed by atoms with E-state index in [9.17, 15) is 4.79 Å². The number of hydrogen-bond donors (Lipinski definition) is 0. The highest BCUT2D eigenvalue weighted by Gasteiger charge is 2.46. The van der Waals surface area contributed by atoms with E-state index in [-0.39, 0.29) is 11.9 Å². The van der Waals surface area contributed by atoms with Gasteiger partial charge in [0.05, 0.1) is 37.6 Å². The first-order valence-electron chi connectivity index (χ1n) is 8.31. The number of ether oxygens (including phenoxy) is 3. The van der Waals surface area contributed by atoms with Crippen molar-refractivity contribution < 1.29 is 19.0 Å². The molecule has 3 fully saturated rings. The standard InChI is InChI=1S/C17H26O4/c1-2-19-10-12-3-5-13(6-4-12)11-20-17(18)14-7-8-15-16(9-14)21-15/h2,12-16H,1,3-11H2. The number of rotatable bonds is 6. The van der Waals surface area contributed by atoms with E-state index >= 15 is 0 Å². The van der Waals surface area contributed by atoms with Crippen molar-refractivity contribution in [2.24, 2.45) is 17.8 Å².